The molecule has 0 aromatic heterocycles. The van der Waals surface area contributed by atoms with Gasteiger partial charge in [-0.05, 0) is 77.6 Å². The number of likely N-dealkylation sites (N-methyl/N-ethyl adjacent to an activating group) is 1. The van der Waals surface area contributed by atoms with E-state index in [1.807, 2.05) is 27.7 Å². The first-order valence-corrected chi connectivity index (χ1v) is 9.54. The standard InChI is InChI=1S/C20H33ClN2O2/c1-7-23(8-2,11-9-10-20(5,6)21)14-18(25)22-19-15(3)12-17(24)13-16(19)4/h12-13H,7-11,14H2,1-6H3,(H-,22,24,25)/p+1. The molecule has 5 heteroatoms. The highest BCUT2D eigenvalue weighted by Gasteiger charge is 2.28. The molecular weight excluding hydrogens is 336 g/mol. The Balaban J connectivity index is 2.79. The first-order chi connectivity index (χ1) is 11.5. The number of nitrogens with one attached hydrogen (secondary N) is 1. The van der Waals surface area contributed by atoms with Gasteiger partial charge < -0.3 is 14.9 Å². The number of benzene rings is 1. The Kier molecular flexibility index (Phi) is 7.76. The second kappa shape index (κ2) is 8.91. The summed E-state index contributed by atoms with van der Waals surface area (Å²) in [6.45, 7) is 15.4. The van der Waals surface area contributed by atoms with Crippen LogP contribution >= 0.6 is 11.6 Å². The van der Waals surface area contributed by atoms with Gasteiger partial charge in [-0.25, -0.2) is 0 Å². The van der Waals surface area contributed by atoms with Crippen LogP contribution < -0.4 is 5.32 Å². The third-order valence-electron chi connectivity index (χ3n) is 5.01. The van der Waals surface area contributed by atoms with Gasteiger partial charge >= 0.3 is 0 Å². The number of phenols is 1. The third kappa shape index (κ3) is 6.87. The number of nitrogens with zero attached hydrogens (tertiary/aromatic N) is 1. The van der Waals surface area contributed by atoms with E-state index in [0.717, 1.165) is 53.8 Å². The molecule has 1 aromatic carbocycles. The maximum absolute atomic E-state index is 12.7. The first kappa shape index (κ1) is 21.8. The highest BCUT2D eigenvalue weighted by Crippen LogP contribution is 2.26. The lowest BCUT2D eigenvalue weighted by atomic mass is 10.1. The van der Waals surface area contributed by atoms with E-state index in [0.29, 0.717) is 6.54 Å². The Morgan fingerprint density at radius 2 is 1.72 bits per heavy atom. The molecule has 4 nitrogen and oxygen atoms in total. The molecule has 0 saturated heterocycles. The molecule has 0 fully saturated rings. The second-order valence-corrected chi connectivity index (χ2v) is 8.70. The Hall–Kier alpha value is -1.26. The zero-order valence-electron chi connectivity index (χ0n) is 16.6. The van der Waals surface area contributed by atoms with E-state index in [1.165, 1.54) is 0 Å². The largest absolute Gasteiger partial charge is 0.508 e. The molecule has 0 unspecified atom stereocenters. The molecule has 1 amide bonds. The molecular formula is C20H34ClN2O2+. The summed E-state index contributed by atoms with van der Waals surface area (Å²) < 4.78 is 0.759. The van der Waals surface area contributed by atoms with E-state index in [1.54, 1.807) is 12.1 Å². The fourth-order valence-corrected chi connectivity index (χ4v) is 3.43. The summed E-state index contributed by atoms with van der Waals surface area (Å²) in [5.41, 5.74) is 2.55. The van der Waals surface area contributed by atoms with Crippen LogP contribution in [0.25, 0.3) is 0 Å². The van der Waals surface area contributed by atoms with Crippen molar-refractivity contribution in [2.24, 2.45) is 0 Å². The van der Waals surface area contributed by atoms with Crippen molar-refractivity contribution in [1.82, 2.24) is 0 Å². The Morgan fingerprint density at radius 1 is 1.20 bits per heavy atom. The Bertz CT molecular complexity index is 567. The van der Waals surface area contributed by atoms with Gasteiger partial charge in [-0.3, -0.25) is 4.79 Å². The maximum Gasteiger partial charge on any atom is 0.279 e. The molecule has 0 atom stereocenters. The lowest BCUT2D eigenvalue weighted by Crippen LogP contribution is -2.52. The van der Waals surface area contributed by atoms with Crippen LogP contribution in [0, 0.1) is 13.8 Å². The molecule has 0 saturated carbocycles. The molecule has 0 heterocycles. The maximum atomic E-state index is 12.7. The number of aryl methyl sites for hydroxylation is 2. The summed E-state index contributed by atoms with van der Waals surface area (Å²) in [6.07, 6.45) is 1.94. The van der Waals surface area contributed by atoms with Gasteiger partial charge in [0.1, 0.15) is 5.75 Å². The molecule has 0 aliphatic rings. The summed E-state index contributed by atoms with van der Waals surface area (Å²) in [4.78, 5) is 12.5. The summed E-state index contributed by atoms with van der Waals surface area (Å²) in [7, 11) is 0. The fourth-order valence-electron chi connectivity index (χ4n) is 3.30. The topological polar surface area (TPSA) is 49.3 Å². The molecule has 1 rings (SSSR count). The zero-order chi connectivity index (χ0) is 19.3. The van der Waals surface area contributed by atoms with E-state index in [-0.39, 0.29) is 16.5 Å². The predicted octanol–water partition coefficient (Wildman–Crippen LogP) is 4.60. The summed E-state index contributed by atoms with van der Waals surface area (Å²) in [6, 6.07) is 3.35. The van der Waals surface area contributed by atoms with Gasteiger partial charge in [0.05, 0.1) is 19.6 Å². The van der Waals surface area contributed by atoms with Crippen LogP contribution in [0.4, 0.5) is 5.69 Å². The number of rotatable bonds is 9. The number of halogens is 1. The van der Waals surface area contributed by atoms with Gasteiger partial charge in [0, 0.05) is 10.6 Å². The number of phenolic OH excluding ortho intramolecular Hbond substituents is 1. The normalized spacial score (nSPS) is 12.3. The van der Waals surface area contributed by atoms with Crippen molar-refractivity contribution in [3.8, 4) is 5.75 Å². The molecule has 2 N–H and O–H groups in total. The average molecular weight is 370 g/mol. The van der Waals surface area contributed by atoms with Crippen LogP contribution in [0.15, 0.2) is 12.1 Å². The number of carbonyl (C=O) groups is 1. The van der Waals surface area contributed by atoms with Crippen molar-refractivity contribution < 1.29 is 14.4 Å². The molecule has 0 bridgehead atoms. The molecule has 25 heavy (non-hydrogen) atoms. The van der Waals surface area contributed by atoms with Gasteiger partial charge in [0.15, 0.2) is 6.54 Å². The van der Waals surface area contributed by atoms with Crippen molar-refractivity contribution in [2.45, 2.75) is 59.3 Å². The minimum Gasteiger partial charge on any atom is -0.508 e. The third-order valence-corrected chi connectivity index (χ3v) is 5.20. The Morgan fingerprint density at radius 3 is 2.16 bits per heavy atom. The van der Waals surface area contributed by atoms with Crippen LogP contribution in [-0.2, 0) is 4.79 Å². The number of anilines is 1. The van der Waals surface area contributed by atoms with Crippen molar-refractivity contribution in [1.29, 1.82) is 0 Å². The van der Waals surface area contributed by atoms with Crippen LogP contribution in [0.1, 0.15) is 51.7 Å². The van der Waals surface area contributed by atoms with E-state index in [2.05, 4.69) is 19.2 Å². The number of quaternary nitrogens is 1. The summed E-state index contributed by atoms with van der Waals surface area (Å²) in [5.74, 6) is 0.245. The van der Waals surface area contributed by atoms with Crippen molar-refractivity contribution in [3.63, 3.8) is 0 Å². The van der Waals surface area contributed by atoms with Crippen LogP contribution in [0.2, 0.25) is 0 Å². The van der Waals surface area contributed by atoms with Crippen LogP contribution in [-0.4, -0.2) is 46.5 Å². The van der Waals surface area contributed by atoms with Gasteiger partial charge in [0.2, 0.25) is 0 Å². The van der Waals surface area contributed by atoms with E-state index >= 15 is 0 Å². The molecule has 1 aromatic rings. The lowest BCUT2D eigenvalue weighted by Gasteiger charge is -2.37. The number of amides is 1. The van der Waals surface area contributed by atoms with Gasteiger partial charge in [-0.2, -0.15) is 0 Å². The van der Waals surface area contributed by atoms with E-state index in [4.69, 9.17) is 11.6 Å². The molecule has 142 valence electrons. The van der Waals surface area contributed by atoms with Crippen molar-refractivity contribution in [3.05, 3.63) is 23.3 Å². The van der Waals surface area contributed by atoms with Gasteiger partial charge in [0.25, 0.3) is 5.91 Å². The van der Waals surface area contributed by atoms with E-state index in [9.17, 15) is 9.90 Å². The summed E-state index contributed by atoms with van der Waals surface area (Å²) in [5, 5.41) is 12.7. The number of hydrogen-bond acceptors (Lipinski definition) is 2. The second-order valence-electron chi connectivity index (χ2n) is 7.68. The Labute approximate surface area is 157 Å². The van der Waals surface area contributed by atoms with Crippen molar-refractivity contribution >= 4 is 23.2 Å². The smallest absolute Gasteiger partial charge is 0.279 e. The monoisotopic (exact) mass is 369 g/mol. The van der Waals surface area contributed by atoms with Crippen molar-refractivity contribution in [2.75, 3.05) is 31.5 Å². The quantitative estimate of drug-likeness (QED) is 0.379. The SMILES string of the molecule is CC[N+](CC)(CCCC(C)(C)Cl)CC(=O)Nc1c(C)cc(O)cc1C. The first-order valence-electron chi connectivity index (χ1n) is 9.16. The molecule has 0 aliphatic carbocycles. The number of aromatic hydroxyl groups is 1. The highest BCUT2D eigenvalue weighted by atomic mass is 35.5. The highest BCUT2D eigenvalue weighted by molar-refractivity contribution is 6.23. The zero-order valence-corrected chi connectivity index (χ0v) is 17.3. The minimum atomic E-state index is -0.195. The predicted molar refractivity (Wildman–Crippen MR) is 106 cm³/mol. The molecule has 0 spiro atoms. The summed E-state index contributed by atoms with van der Waals surface area (Å²) >= 11 is 6.30. The average Bonchev–Trinajstić information content (AvgIpc) is 2.48. The number of carbonyl (C=O) groups excluding carboxylic acids is 1. The molecule has 0 radical (unpaired) electrons. The van der Waals surface area contributed by atoms with Gasteiger partial charge in [-0.1, -0.05) is 0 Å². The van der Waals surface area contributed by atoms with Crippen LogP contribution in [0.3, 0.4) is 0 Å². The fraction of sp³-hybridized carbons (Fsp3) is 0.650. The van der Waals surface area contributed by atoms with E-state index < -0.39 is 0 Å². The number of alkyl halides is 1. The van der Waals surface area contributed by atoms with Gasteiger partial charge in [-0.15, -0.1) is 11.6 Å². The lowest BCUT2D eigenvalue weighted by molar-refractivity contribution is -0.917. The van der Waals surface area contributed by atoms with Crippen LogP contribution in [0.5, 0.6) is 5.75 Å². The number of hydrogen-bond donors (Lipinski definition) is 2. The minimum absolute atomic E-state index is 0.0192. The molecule has 0 aliphatic heterocycles.